The number of likely N-dealkylation sites (N-methyl/N-ethyl adjacent to an activating group) is 1. The molecule has 0 radical (unpaired) electrons. The molecule has 1 saturated heterocycles. The molecule has 0 bridgehead atoms. The van der Waals surface area contributed by atoms with Gasteiger partial charge in [0, 0.05) is 13.0 Å². The number of nitrogens with one attached hydrogen (secondary N) is 1. The summed E-state index contributed by atoms with van der Waals surface area (Å²) in [5, 5.41) is 2.87. The van der Waals surface area contributed by atoms with E-state index in [1.807, 2.05) is 0 Å². The van der Waals surface area contributed by atoms with Crippen molar-refractivity contribution in [3.8, 4) is 0 Å². The van der Waals surface area contributed by atoms with E-state index in [9.17, 15) is 4.79 Å². The van der Waals surface area contributed by atoms with Crippen LogP contribution in [0.15, 0.2) is 0 Å². The van der Waals surface area contributed by atoms with E-state index in [-0.39, 0.29) is 0 Å². The third-order valence-electron chi connectivity index (χ3n) is 2.38. The molecule has 1 heterocycles. The molecule has 1 aliphatic heterocycles. The van der Waals surface area contributed by atoms with Gasteiger partial charge in [-0.1, -0.05) is 0 Å². The normalized spacial score (nSPS) is 22.1. The number of hydrogen-bond acceptors (Lipinski definition) is 3. The van der Waals surface area contributed by atoms with Crippen LogP contribution >= 0.6 is 0 Å². The predicted octanol–water partition coefficient (Wildman–Crippen LogP) is 1.12. The Hall–Kier alpha value is -0.410. The summed E-state index contributed by atoms with van der Waals surface area (Å²) in [6.45, 7) is 1.42. The van der Waals surface area contributed by atoms with Crippen molar-refractivity contribution < 1.29 is 9.53 Å². The summed E-state index contributed by atoms with van der Waals surface area (Å²) >= 11 is 0. The van der Waals surface area contributed by atoms with Gasteiger partial charge in [0.25, 0.3) is 0 Å². The van der Waals surface area contributed by atoms with E-state index in [4.69, 9.17) is 4.74 Å². The summed E-state index contributed by atoms with van der Waals surface area (Å²) in [7, 11) is 1.80. The Labute approximate surface area is 79.8 Å². The second-order valence-corrected chi connectivity index (χ2v) is 3.60. The van der Waals surface area contributed by atoms with Crippen LogP contribution in [0.2, 0.25) is 0 Å². The van der Waals surface area contributed by atoms with E-state index < -0.39 is 0 Å². The van der Waals surface area contributed by atoms with Crippen molar-refractivity contribution in [2.75, 3.05) is 20.2 Å². The van der Waals surface area contributed by atoms with Crippen LogP contribution in [-0.2, 0) is 9.53 Å². The van der Waals surface area contributed by atoms with E-state index in [1.165, 1.54) is 12.8 Å². The van der Waals surface area contributed by atoms with Crippen molar-refractivity contribution in [1.29, 1.82) is 0 Å². The number of carbonyl (C=O) groups is 1. The first-order valence-electron chi connectivity index (χ1n) is 5.11. The molecule has 1 fully saturated rings. The molecular formula is C10H19NO2. The molecular weight excluding hydrogens is 166 g/mol. The zero-order valence-electron chi connectivity index (χ0n) is 8.34. The first-order chi connectivity index (χ1) is 6.33. The maximum Gasteiger partial charge on any atom is 0.146 e. The molecule has 0 aromatic carbocycles. The Balaban J connectivity index is 1.96. The van der Waals surface area contributed by atoms with Crippen molar-refractivity contribution in [3.63, 3.8) is 0 Å². The monoisotopic (exact) mass is 185 g/mol. The van der Waals surface area contributed by atoms with Crippen LogP contribution in [0.5, 0.6) is 0 Å². The number of rotatable bonds is 6. The molecule has 3 heteroatoms. The van der Waals surface area contributed by atoms with Gasteiger partial charge in [0.2, 0.25) is 0 Å². The largest absolute Gasteiger partial charge is 0.378 e. The van der Waals surface area contributed by atoms with Crippen LogP contribution < -0.4 is 5.32 Å². The van der Waals surface area contributed by atoms with Gasteiger partial charge in [0.15, 0.2) is 0 Å². The molecule has 0 saturated carbocycles. The van der Waals surface area contributed by atoms with Crippen LogP contribution in [0, 0.1) is 0 Å². The van der Waals surface area contributed by atoms with Crippen molar-refractivity contribution in [1.82, 2.24) is 5.32 Å². The molecule has 0 aromatic heterocycles. The first-order valence-corrected chi connectivity index (χ1v) is 5.11. The summed E-state index contributed by atoms with van der Waals surface area (Å²) in [5.74, 6) is 0.306. The lowest BCUT2D eigenvalue weighted by molar-refractivity contribution is -0.118. The lowest BCUT2D eigenvalue weighted by atomic mass is 10.1. The van der Waals surface area contributed by atoms with E-state index in [0.29, 0.717) is 24.9 Å². The topological polar surface area (TPSA) is 38.3 Å². The van der Waals surface area contributed by atoms with Crippen molar-refractivity contribution >= 4 is 5.78 Å². The third kappa shape index (κ3) is 4.39. The summed E-state index contributed by atoms with van der Waals surface area (Å²) in [6, 6.07) is 0. The van der Waals surface area contributed by atoms with Gasteiger partial charge in [-0.05, 0) is 32.7 Å². The lowest BCUT2D eigenvalue weighted by Gasteiger charge is -2.07. The fourth-order valence-electron chi connectivity index (χ4n) is 1.68. The van der Waals surface area contributed by atoms with E-state index in [0.717, 1.165) is 19.4 Å². The Kier molecular flexibility index (Phi) is 5.01. The number of ether oxygens (including phenoxy) is 1. The van der Waals surface area contributed by atoms with Gasteiger partial charge in [-0.2, -0.15) is 0 Å². The van der Waals surface area contributed by atoms with Gasteiger partial charge in [-0.25, -0.2) is 0 Å². The molecule has 1 unspecified atom stereocenters. The Morgan fingerprint density at radius 1 is 1.62 bits per heavy atom. The van der Waals surface area contributed by atoms with Gasteiger partial charge < -0.3 is 10.1 Å². The maximum atomic E-state index is 11.1. The second kappa shape index (κ2) is 6.11. The van der Waals surface area contributed by atoms with Crippen molar-refractivity contribution in [2.45, 2.75) is 38.2 Å². The number of Topliss-reactive ketones (excluding diaryl/α,β-unsaturated/α-hetero) is 1. The lowest BCUT2D eigenvalue weighted by Crippen LogP contribution is -2.18. The van der Waals surface area contributed by atoms with Gasteiger partial charge in [-0.15, -0.1) is 0 Å². The second-order valence-electron chi connectivity index (χ2n) is 3.60. The molecule has 13 heavy (non-hydrogen) atoms. The summed E-state index contributed by atoms with van der Waals surface area (Å²) < 4.78 is 5.47. The third-order valence-corrected chi connectivity index (χ3v) is 2.38. The molecule has 0 aliphatic carbocycles. The molecule has 0 spiro atoms. The number of ketones is 1. The van der Waals surface area contributed by atoms with E-state index in [1.54, 1.807) is 7.05 Å². The summed E-state index contributed by atoms with van der Waals surface area (Å²) in [4.78, 5) is 11.1. The van der Waals surface area contributed by atoms with Gasteiger partial charge in [-0.3, -0.25) is 4.79 Å². The fraction of sp³-hybridized carbons (Fsp3) is 0.900. The highest BCUT2D eigenvalue weighted by atomic mass is 16.5. The predicted molar refractivity (Wildman–Crippen MR) is 51.8 cm³/mol. The van der Waals surface area contributed by atoms with Crippen LogP contribution in [0.3, 0.4) is 0 Å². The number of hydrogen-bond donors (Lipinski definition) is 1. The quantitative estimate of drug-likeness (QED) is 0.674. The van der Waals surface area contributed by atoms with Crippen LogP contribution in [0.4, 0.5) is 0 Å². The molecule has 3 nitrogen and oxygen atoms in total. The molecule has 1 aliphatic rings. The van der Waals surface area contributed by atoms with Crippen LogP contribution in [-0.4, -0.2) is 32.1 Å². The van der Waals surface area contributed by atoms with E-state index >= 15 is 0 Å². The zero-order valence-corrected chi connectivity index (χ0v) is 8.34. The highest BCUT2D eigenvalue weighted by Crippen LogP contribution is 2.17. The van der Waals surface area contributed by atoms with Gasteiger partial charge in [0.05, 0.1) is 12.6 Å². The highest BCUT2D eigenvalue weighted by molar-refractivity contribution is 5.80. The molecule has 1 N–H and O–H groups in total. The minimum absolute atomic E-state index is 0.306. The van der Waals surface area contributed by atoms with Gasteiger partial charge in [0.1, 0.15) is 5.78 Å². The fourth-order valence-corrected chi connectivity index (χ4v) is 1.68. The SMILES string of the molecule is CNCC(=O)CCCC1CCCO1. The molecule has 76 valence electrons. The van der Waals surface area contributed by atoms with Crippen LogP contribution in [0.25, 0.3) is 0 Å². The van der Waals surface area contributed by atoms with Crippen molar-refractivity contribution in [3.05, 3.63) is 0 Å². The first kappa shape index (κ1) is 10.7. The Morgan fingerprint density at radius 3 is 3.08 bits per heavy atom. The molecule has 1 rings (SSSR count). The minimum atomic E-state index is 0.306. The Bertz CT molecular complexity index is 153. The summed E-state index contributed by atoms with van der Waals surface area (Å²) in [5.41, 5.74) is 0. The molecule has 1 atom stereocenters. The van der Waals surface area contributed by atoms with Crippen molar-refractivity contribution in [2.24, 2.45) is 0 Å². The van der Waals surface area contributed by atoms with Crippen LogP contribution in [0.1, 0.15) is 32.1 Å². The maximum absolute atomic E-state index is 11.1. The smallest absolute Gasteiger partial charge is 0.146 e. The standard InChI is InChI=1S/C10H19NO2/c1-11-8-9(12)4-2-5-10-6-3-7-13-10/h10-11H,2-8H2,1H3. The summed E-state index contributed by atoms with van der Waals surface area (Å²) in [6.07, 6.45) is 5.53. The molecule has 0 aromatic rings. The average molecular weight is 185 g/mol. The highest BCUT2D eigenvalue weighted by Gasteiger charge is 2.14. The number of carbonyl (C=O) groups excluding carboxylic acids is 1. The Morgan fingerprint density at radius 2 is 2.46 bits per heavy atom. The zero-order chi connectivity index (χ0) is 9.52. The van der Waals surface area contributed by atoms with Gasteiger partial charge >= 0.3 is 0 Å². The minimum Gasteiger partial charge on any atom is -0.378 e. The average Bonchev–Trinajstić information content (AvgIpc) is 2.57. The van der Waals surface area contributed by atoms with E-state index in [2.05, 4.69) is 5.32 Å². The molecule has 0 amide bonds.